The van der Waals surface area contributed by atoms with Gasteiger partial charge in [-0.1, -0.05) is 19.9 Å². The van der Waals surface area contributed by atoms with Crippen molar-refractivity contribution in [2.75, 3.05) is 11.9 Å². The summed E-state index contributed by atoms with van der Waals surface area (Å²) in [5.41, 5.74) is 0.803. The molecule has 0 aliphatic heterocycles. The Hall–Kier alpha value is -2.83. The molecule has 1 N–H and O–H groups in total. The van der Waals surface area contributed by atoms with E-state index >= 15 is 0 Å². The van der Waals surface area contributed by atoms with Crippen molar-refractivity contribution in [3.63, 3.8) is 0 Å². The van der Waals surface area contributed by atoms with Crippen LogP contribution in [0.1, 0.15) is 32.5 Å². The molecule has 0 aliphatic carbocycles. The molecule has 3 aromatic heterocycles. The number of aromatic nitrogens is 6. The predicted octanol–water partition coefficient (Wildman–Crippen LogP) is 2.67. The van der Waals surface area contributed by atoms with Gasteiger partial charge in [0.2, 0.25) is 5.95 Å². The highest BCUT2D eigenvalue weighted by atomic mass is 15.4. The number of rotatable bonds is 5. The maximum atomic E-state index is 4.64. The van der Waals surface area contributed by atoms with Gasteiger partial charge >= 0.3 is 0 Å². The van der Waals surface area contributed by atoms with Crippen LogP contribution in [-0.4, -0.2) is 36.3 Å². The number of hydrogen-bond donors (Lipinski definition) is 1. The molecule has 0 aliphatic rings. The highest BCUT2D eigenvalue weighted by molar-refractivity contribution is 5.56. The average molecular weight is 309 g/mol. The Morgan fingerprint density at radius 1 is 1.13 bits per heavy atom. The quantitative estimate of drug-likeness (QED) is 0.780. The van der Waals surface area contributed by atoms with Gasteiger partial charge in [-0.2, -0.15) is 4.68 Å². The average Bonchev–Trinajstić information content (AvgIpc) is 3.02. The predicted molar refractivity (Wildman–Crippen MR) is 88.4 cm³/mol. The highest BCUT2D eigenvalue weighted by Crippen LogP contribution is 2.22. The minimum absolute atomic E-state index is 0.223. The number of hydrogen-bond acceptors (Lipinski definition) is 6. The number of pyridine rings is 1. The van der Waals surface area contributed by atoms with E-state index in [1.807, 2.05) is 25.1 Å². The van der Waals surface area contributed by atoms with E-state index in [0.29, 0.717) is 11.8 Å². The molecule has 0 fully saturated rings. The van der Waals surface area contributed by atoms with Gasteiger partial charge in [0, 0.05) is 31.1 Å². The maximum absolute atomic E-state index is 4.64. The Bertz CT molecular complexity index is 763. The summed E-state index contributed by atoms with van der Waals surface area (Å²) in [6, 6.07) is 5.70. The molecule has 0 radical (unpaired) electrons. The molecule has 0 saturated carbocycles. The van der Waals surface area contributed by atoms with E-state index in [1.165, 1.54) is 0 Å². The molecule has 3 heterocycles. The van der Waals surface area contributed by atoms with Crippen molar-refractivity contribution in [1.82, 2.24) is 29.7 Å². The zero-order chi connectivity index (χ0) is 16.2. The van der Waals surface area contributed by atoms with Crippen LogP contribution in [0.5, 0.6) is 0 Å². The molecule has 0 bridgehead atoms. The van der Waals surface area contributed by atoms with Crippen LogP contribution in [-0.2, 0) is 0 Å². The van der Waals surface area contributed by atoms with Gasteiger partial charge in [-0.25, -0.2) is 19.9 Å². The van der Waals surface area contributed by atoms with Crippen LogP contribution < -0.4 is 5.32 Å². The van der Waals surface area contributed by atoms with Gasteiger partial charge in [0.1, 0.15) is 0 Å². The van der Waals surface area contributed by atoms with Crippen LogP contribution in [0.25, 0.3) is 17.2 Å². The molecule has 0 unspecified atom stereocenters. The first-order chi connectivity index (χ1) is 11.2. The maximum Gasteiger partial charge on any atom is 0.222 e. The summed E-state index contributed by atoms with van der Waals surface area (Å²) < 4.78 is 1.74. The normalized spacial score (nSPS) is 11.0. The third kappa shape index (κ3) is 3.18. The molecule has 0 saturated heterocycles. The molecule has 3 rings (SSSR count). The lowest BCUT2D eigenvalue weighted by Crippen LogP contribution is -2.04. The smallest absolute Gasteiger partial charge is 0.222 e. The molecule has 0 atom stereocenters. The van der Waals surface area contributed by atoms with Crippen molar-refractivity contribution < 1.29 is 0 Å². The standard InChI is InChI=1S/C16H19N7/c1-4-17-16-19-9-12(10-20-16)15-21-14(11(2)3)22-23(15)13-7-5-6-8-18-13/h5-11H,4H2,1-3H3,(H,17,19,20). The van der Waals surface area contributed by atoms with Crippen molar-refractivity contribution in [3.8, 4) is 17.2 Å². The number of anilines is 1. The Morgan fingerprint density at radius 3 is 2.52 bits per heavy atom. The van der Waals surface area contributed by atoms with Crippen LogP contribution in [0.2, 0.25) is 0 Å². The van der Waals surface area contributed by atoms with Crippen molar-refractivity contribution >= 4 is 5.95 Å². The van der Waals surface area contributed by atoms with Crippen LogP contribution in [0.3, 0.4) is 0 Å². The minimum atomic E-state index is 0.223. The van der Waals surface area contributed by atoms with Gasteiger partial charge in [-0.05, 0) is 19.1 Å². The molecule has 3 aromatic rings. The Morgan fingerprint density at radius 2 is 1.91 bits per heavy atom. The summed E-state index contributed by atoms with van der Waals surface area (Å²) in [5.74, 6) is 3.00. The van der Waals surface area contributed by atoms with Gasteiger partial charge < -0.3 is 5.32 Å². The molecule has 7 nitrogen and oxygen atoms in total. The molecule has 0 spiro atoms. The molecular formula is C16H19N7. The van der Waals surface area contributed by atoms with Crippen LogP contribution in [0, 0.1) is 0 Å². The van der Waals surface area contributed by atoms with E-state index in [9.17, 15) is 0 Å². The van der Waals surface area contributed by atoms with Gasteiger partial charge in [0.15, 0.2) is 17.5 Å². The van der Waals surface area contributed by atoms with E-state index in [4.69, 9.17) is 0 Å². The van der Waals surface area contributed by atoms with E-state index in [2.05, 4.69) is 44.2 Å². The van der Waals surface area contributed by atoms with Crippen molar-refractivity contribution in [2.24, 2.45) is 0 Å². The monoisotopic (exact) mass is 309 g/mol. The first-order valence-electron chi connectivity index (χ1n) is 7.63. The summed E-state index contributed by atoms with van der Waals surface area (Å²) in [6.45, 7) is 6.91. The van der Waals surface area contributed by atoms with Crippen molar-refractivity contribution in [3.05, 3.63) is 42.6 Å². The lowest BCUT2D eigenvalue weighted by molar-refractivity contribution is 0.747. The third-order valence-electron chi connectivity index (χ3n) is 3.25. The first-order valence-corrected chi connectivity index (χ1v) is 7.63. The van der Waals surface area contributed by atoms with Crippen LogP contribution in [0.4, 0.5) is 5.95 Å². The summed E-state index contributed by atoms with van der Waals surface area (Å²) in [5, 5.41) is 7.67. The van der Waals surface area contributed by atoms with E-state index in [1.54, 1.807) is 23.3 Å². The first kappa shape index (κ1) is 15.1. The fourth-order valence-corrected chi connectivity index (χ4v) is 2.09. The van der Waals surface area contributed by atoms with Gasteiger partial charge in [-0.3, -0.25) is 0 Å². The molecule has 118 valence electrons. The topological polar surface area (TPSA) is 81.4 Å². The Labute approximate surface area is 134 Å². The van der Waals surface area contributed by atoms with Crippen LogP contribution in [0.15, 0.2) is 36.8 Å². The highest BCUT2D eigenvalue weighted by Gasteiger charge is 2.16. The van der Waals surface area contributed by atoms with Gasteiger partial charge in [0.05, 0.1) is 5.56 Å². The van der Waals surface area contributed by atoms with Crippen molar-refractivity contribution in [1.29, 1.82) is 0 Å². The zero-order valence-electron chi connectivity index (χ0n) is 13.4. The molecule has 0 aromatic carbocycles. The SMILES string of the molecule is CCNc1ncc(-c2nc(C(C)C)nn2-c2ccccn2)cn1. The summed E-state index contributed by atoms with van der Waals surface area (Å²) >= 11 is 0. The number of nitrogens with zero attached hydrogens (tertiary/aromatic N) is 6. The van der Waals surface area contributed by atoms with E-state index < -0.39 is 0 Å². The molecule has 7 heteroatoms. The van der Waals surface area contributed by atoms with Crippen molar-refractivity contribution in [2.45, 2.75) is 26.7 Å². The number of nitrogens with one attached hydrogen (secondary N) is 1. The molecule has 0 amide bonds. The molecule has 23 heavy (non-hydrogen) atoms. The third-order valence-corrected chi connectivity index (χ3v) is 3.25. The lowest BCUT2D eigenvalue weighted by Gasteiger charge is -2.05. The Kier molecular flexibility index (Phi) is 4.27. The van der Waals surface area contributed by atoms with Gasteiger partial charge in [-0.15, -0.1) is 5.10 Å². The van der Waals surface area contributed by atoms with E-state index in [0.717, 1.165) is 23.8 Å². The summed E-state index contributed by atoms with van der Waals surface area (Å²) in [6.07, 6.45) is 5.23. The Balaban J connectivity index is 2.06. The fourth-order valence-electron chi connectivity index (χ4n) is 2.09. The zero-order valence-corrected chi connectivity index (χ0v) is 13.4. The summed E-state index contributed by atoms with van der Waals surface area (Å²) in [4.78, 5) is 17.6. The molecular weight excluding hydrogens is 290 g/mol. The fraction of sp³-hybridized carbons (Fsp3) is 0.312. The largest absolute Gasteiger partial charge is 0.355 e. The summed E-state index contributed by atoms with van der Waals surface area (Å²) in [7, 11) is 0. The van der Waals surface area contributed by atoms with Gasteiger partial charge in [0.25, 0.3) is 0 Å². The second-order valence-corrected chi connectivity index (χ2v) is 5.37. The van der Waals surface area contributed by atoms with E-state index in [-0.39, 0.29) is 5.92 Å². The minimum Gasteiger partial charge on any atom is -0.355 e. The van der Waals surface area contributed by atoms with Crippen LogP contribution >= 0.6 is 0 Å². The second-order valence-electron chi connectivity index (χ2n) is 5.37. The second kappa shape index (κ2) is 6.51. The lowest BCUT2D eigenvalue weighted by atomic mass is 10.2.